The predicted octanol–water partition coefficient (Wildman–Crippen LogP) is 10.3. The molecule has 0 radical (unpaired) electrons. The molecule has 0 saturated heterocycles. The first-order chi connectivity index (χ1) is 15.8. The van der Waals surface area contributed by atoms with Gasteiger partial charge in [-0.1, -0.05) is 121 Å². The molecule has 0 aliphatic rings. The second-order valence-corrected chi connectivity index (χ2v) is 9.55. The Morgan fingerprint density at radius 3 is 1.16 bits per heavy atom. The van der Waals surface area contributed by atoms with Crippen LogP contribution in [0.4, 0.5) is 0 Å². The van der Waals surface area contributed by atoms with Crippen molar-refractivity contribution >= 4 is 5.97 Å². The van der Waals surface area contributed by atoms with Gasteiger partial charge in [0.05, 0.1) is 6.61 Å². The third-order valence-corrected chi connectivity index (χ3v) is 6.35. The number of ether oxygens (including phenoxy) is 1. The number of rotatable bonds is 27. The standard InChI is InChI=1S/C30H56O2/c1-3-5-7-9-11-13-15-17-19-21-23-25-27-29-32-30(31)28-26-24-22-20-18-16-14-12-10-8-6-4-2/h3-4H,1-2,5-29H2. The Bertz CT molecular complexity index is 402. The minimum Gasteiger partial charge on any atom is -0.466 e. The zero-order valence-electron chi connectivity index (χ0n) is 21.6. The summed E-state index contributed by atoms with van der Waals surface area (Å²) in [5, 5.41) is 0. The van der Waals surface area contributed by atoms with Crippen LogP contribution >= 0.6 is 0 Å². The second-order valence-electron chi connectivity index (χ2n) is 9.55. The first-order valence-corrected chi connectivity index (χ1v) is 14.2. The minimum atomic E-state index is 0.0117. The van der Waals surface area contributed by atoms with Gasteiger partial charge in [0.2, 0.25) is 0 Å². The molecule has 0 aromatic rings. The van der Waals surface area contributed by atoms with Gasteiger partial charge in [-0.3, -0.25) is 4.79 Å². The molecule has 0 aliphatic carbocycles. The van der Waals surface area contributed by atoms with Crippen molar-refractivity contribution in [3.8, 4) is 0 Å². The molecule has 0 aliphatic heterocycles. The lowest BCUT2D eigenvalue weighted by Gasteiger charge is -2.06. The molecular formula is C30H56O2. The van der Waals surface area contributed by atoms with Crippen molar-refractivity contribution in [2.75, 3.05) is 6.61 Å². The molecule has 0 spiro atoms. The smallest absolute Gasteiger partial charge is 0.305 e. The lowest BCUT2D eigenvalue weighted by molar-refractivity contribution is -0.143. The van der Waals surface area contributed by atoms with E-state index in [0.29, 0.717) is 13.0 Å². The summed E-state index contributed by atoms with van der Waals surface area (Å²) in [5.74, 6) is 0.0117. The summed E-state index contributed by atoms with van der Waals surface area (Å²) in [6.45, 7) is 8.16. The summed E-state index contributed by atoms with van der Waals surface area (Å²) in [6, 6.07) is 0. The summed E-state index contributed by atoms with van der Waals surface area (Å²) >= 11 is 0. The molecule has 2 heteroatoms. The van der Waals surface area contributed by atoms with Gasteiger partial charge in [0.25, 0.3) is 0 Å². The van der Waals surface area contributed by atoms with Crippen LogP contribution in [0.15, 0.2) is 25.3 Å². The summed E-state index contributed by atoms with van der Waals surface area (Å²) in [6.07, 6.45) is 34.3. The van der Waals surface area contributed by atoms with E-state index in [0.717, 1.165) is 12.8 Å². The number of unbranched alkanes of at least 4 members (excludes halogenated alkanes) is 21. The summed E-state index contributed by atoms with van der Waals surface area (Å²) in [4.78, 5) is 11.8. The molecule has 0 aromatic carbocycles. The van der Waals surface area contributed by atoms with E-state index in [1.54, 1.807) is 0 Å². The highest BCUT2D eigenvalue weighted by Crippen LogP contribution is 2.13. The highest BCUT2D eigenvalue weighted by molar-refractivity contribution is 5.69. The van der Waals surface area contributed by atoms with E-state index >= 15 is 0 Å². The quantitative estimate of drug-likeness (QED) is 0.0709. The third-order valence-electron chi connectivity index (χ3n) is 6.35. The fourth-order valence-electron chi connectivity index (χ4n) is 4.21. The first kappa shape index (κ1) is 30.9. The van der Waals surface area contributed by atoms with Crippen molar-refractivity contribution in [2.45, 2.75) is 154 Å². The van der Waals surface area contributed by atoms with Gasteiger partial charge < -0.3 is 4.74 Å². The molecule has 0 heterocycles. The number of carbonyl (C=O) groups excluding carboxylic acids is 1. The van der Waals surface area contributed by atoms with Gasteiger partial charge in [-0.25, -0.2) is 0 Å². The van der Waals surface area contributed by atoms with Gasteiger partial charge >= 0.3 is 5.97 Å². The highest BCUT2D eigenvalue weighted by atomic mass is 16.5. The molecule has 0 N–H and O–H groups in total. The molecule has 0 bridgehead atoms. The third kappa shape index (κ3) is 27.0. The van der Waals surface area contributed by atoms with Gasteiger partial charge in [-0.05, 0) is 38.5 Å². The normalized spacial score (nSPS) is 10.9. The SMILES string of the molecule is C=CCCCCCCCCCCCCCOC(=O)CCCCCCCCCCCCC=C. The molecule has 188 valence electrons. The van der Waals surface area contributed by atoms with Crippen molar-refractivity contribution in [2.24, 2.45) is 0 Å². The first-order valence-electron chi connectivity index (χ1n) is 14.2. The Morgan fingerprint density at radius 1 is 0.469 bits per heavy atom. The van der Waals surface area contributed by atoms with E-state index in [2.05, 4.69) is 13.2 Å². The second kappa shape index (κ2) is 28.0. The van der Waals surface area contributed by atoms with Crippen LogP contribution in [-0.2, 0) is 9.53 Å². The topological polar surface area (TPSA) is 26.3 Å². The monoisotopic (exact) mass is 448 g/mol. The predicted molar refractivity (Wildman–Crippen MR) is 142 cm³/mol. The fraction of sp³-hybridized carbons (Fsp3) is 0.833. The van der Waals surface area contributed by atoms with Crippen LogP contribution in [0.25, 0.3) is 0 Å². The lowest BCUT2D eigenvalue weighted by atomic mass is 10.1. The molecule has 32 heavy (non-hydrogen) atoms. The zero-order valence-corrected chi connectivity index (χ0v) is 21.6. The van der Waals surface area contributed by atoms with Crippen molar-refractivity contribution in [1.82, 2.24) is 0 Å². The fourth-order valence-corrected chi connectivity index (χ4v) is 4.21. The van der Waals surface area contributed by atoms with Crippen LogP contribution in [0.2, 0.25) is 0 Å². The number of esters is 1. The lowest BCUT2D eigenvalue weighted by Crippen LogP contribution is -2.05. The van der Waals surface area contributed by atoms with Gasteiger partial charge in [0, 0.05) is 6.42 Å². The Morgan fingerprint density at radius 2 is 0.781 bits per heavy atom. The minimum absolute atomic E-state index is 0.0117. The van der Waals surface area contributed by atoms with Crippen LogP contribution in [0, 0.1) is 0 Å². The largest absolute Gasteiger partial charge is 0.466 e. The van der Waals surface area contributed by atoms with E-state index in [-0.39, 0.29) is 5.97 Å². The van der Waals surface area contributed by atoms with E-state index in [4.69, 9.17) is 4.74 Å². The van der Waals surface area contributed by atoms with Crippen LogP contribution in [-0.4, -0.2) is 12.6 Å². The van der Waals surface area contributed by atoms with Gasteiger partial charge in [0.15, 0.2) is 0 Å². The van der Waals surface area contributed by atoms with E-state index in [9.17, 15) is 4.79 Å². The summed E-state index contributed by atoms with van der Waals surface area (Å²) in [5.41, 5.74) is 0. The van der Waals surface area contributed by atoms with Crippen molar-refractivity contribution in [3.05, 3.63) is 25.3 Å². The Hall–Kier alpha value is -1.05. The van der Waals surface area contributed by atoms with Gasteiger partial charge in [-0.15, -0.1) is 13.2 Å². The van der Waals surface area contributed by atoms with Crippen LogP contribution < -0.4 is 0 Å². The van der Waals surface area contributed by atoms with Gasteiger partial charge in [-0.2, -0.15) is 0 Å². The zero-order chi connectivity index (χ0) is 23.4. The maximum Gasteiger partial charge on any atom is 0.305 e. The summed E-state index contributed by atoms with van der Waals surface area (Å²) in [7, 11) is 0. The van der Waals surface area contributed by atoms with E-state index in [1.807, 2.05) is 12.2 Å². The van der Waals surface area contributed by atoms with Crippen LogP contribution in [0.5, 0.6) is 0 Å². The number of allylic oxidation sites excluding steroid dienone is 2. The Balaban J connectivity index is 3.15. The van der Waals surface area contributed by atoms with E-state index in [1.165, 1.54) is 135 Å². The maximum atomic E-state index is 11.8. The number of hydrogen-bond donors (Lipinski definition) is 0. The molecule has 0 atom stereocenters. The highest BCUT2D eigenvalue weighted by Gasteiger charge is 2.02. The molecule has 2 nitrogen and oxygen atoms in total. The molecular weight excluding hydrogens is 392 g/mol. The summed E-state index contributed by atoms with van der Waals surface area (Å²) < 4.78 is 5.39. The number of hydrogen-bond acceptors (Lipinski definition) is 2. The van der Waals surface area contributed by atoms with Crippen molar-refractivity contribution in [1.29, 1.82) is 0 Å². The molecule has 0 fully saturated rings. The maximum absolute atomic E-state index is 11.8. The molecule has 0 unspecified atom stereocenters. The van der Waals surface area contributed by atoms with Crippen LogP contribution in [0.3, 0.4) is 0 Å². The number of carbonyl (C=O) groups is 1. The average Bonchev–Trinajstić information content (AvgIpc) is 2.80. The Labute approximate surface area is 201 Å². The molecule has 0 rings (SSSR count). The molecule has 0 aromatic heterocycles. The molecule has 0 saturated carbocycles. The molecule has 0 amide bonds. The average molecular weight is 449 g/mol. The van der Waals surface area contributed by atoms with Gasteiger partial charge in [0.1, 0.15) is 0 Å². The van der Waals surface area contributed by atoms with Crippen LogP contribution in [0.1, 0.15) is 154 Å². The van der Waals surface area contributed by atoms with E-state index < -0.39 is 0 Å². The van der Waals surface area contributed by atoms with Crippen molar-refractivity contribution < 1.29 is 9.53 Å². The Kier molecular flexibility index (Phi) is 27.1. The van der Waals surface area contributed by atoms with Crippen molar-refractivity contribution in [3.63, 3.8) is 0 Å².